The van der Waals surface area contributed by atoms with Gasteiger partial charge in [0.25, 0.3) is 0 Å². The zero-order valence-electron chi connectivity index (χ0n) is 11.3. The number of nitrogens with zero attached hydrogens (tertiary/aromatic N) is 3. The van der Waals surface area contributed by atoms with Crippen LogP contribution in [0.3, 0.4) is 0 Å². The first kappa shape index (κ1) is 16.9. The monoisotopic (exact) mass is 299 g/mol. The van der Waals surface area contributed by atoms with Gasteiger partial charge in [-0.05, 0) is 38.1 Å². The molecular formula is C12H10N3NaO3S. The SMILES string of the molecule is [C-]#[N+]c1c(C)nn(-c2ccc(S(=O)(=O)[O-])cc2)c1C.[Na+]. The minimum Gasteiger partial charge on any atom is -0.744 e. The Bertz CT molecular complexity index is 774. The number of hydrogen-bond acceptors (Lipinski definition) is 4. The van der Waals surface area contributed by atoms with E-state index >= 15 is 0 Å². The Hall–Kier alpha value is -1.17. The fourth-order valence-electron chi connectivity index (χ4n) is 1.80. The third-order valence-corrected chi connectivity index (χ3v) is 3.58. The van der Waals surface area contributed by atoms with Gasteiger partial charge in [-0.25, -0.2) is 17.9 Å². The molecule has 1 heterocycles. The fraction of sp³-hybridized carbons (Fsp3) is 0.167. The maximum Gasteiger partial charge on any atom is 1.00 e. The molecule has 0 saturated carbocycles. The van der Waals surface area contributed by atoms with Crippen molar-refractivity contribution in [2.75, 3.05) is 0 Å². The predicted octanol–water partition coefficient (Wildman–Crippen LogP) is -1.05. The van der Waals surface area contributed by atoms with Crippen molar-refractivity contribution >= 4 is 15.8 Å². The van der Waals surface area contributed by atoms with E-state index in [2.05, 4.69) is 9.94 Å². The van der Waals surface area contributed by atoms with Gasteiger partial charge in [0.1, 0.15) is 10.1 Å². The summed E-state index contributed by atoms with van der Waals surface area (Å²) < 4.78 is 34.0. The van der Waals surface area contributed by atoms with Gasteiger partial charge in [0, 0.05) is 5.69 Å². The first-order valence-corrected chi connectivity index (χ1v) is 6.75. The van der Waals surface area contributed by atoms with Crippen LogP contribution in [0.1, 0.15) is 11.4 Å². The van der Waals surface area contributed by atoms with E-state index in [4.69, 9.17) is 6.57 Å². The van der Waals surface area contributed by atoms with Crippen molar-refractivity contribution in [3.05, 3.63) is 47.1 Å². The summed E-state index contributed by atoms with van der Waals surface area (Å²) in [4.78, 5) is 3.10. The first-order valence-electron chi connectivity index (χ1n) is 5.34. The molecule has 0 spiro atoms. The van der Waals surface area contributed by atoms with Crippen molar-refractivity contribution < 1.29 is 42.5 Å². The van der Waals surface area contributed by atoms with E-state index < -0.39 is 10.1 Å². The molecule has 0 aliphatic heterocycles. The van der Waals surface area contributed by atoms with Crippen LogP contribution in [0.4, 0.5) is 5.69 Å². The van der Waals surface area contributed by atoms with Gasteiger partial charge in [-0.2, -0.15) is 5.10 Å². The molecule has 6 nitrogen and oxygen atoms in total. The van der Waals surface area contributed by atoms with Crippen LogP contribution in [-0.2, 0) is 10.1 Å². The zero-order chi connectivity index (χ0) is 14.2. The van der Waals surface area contributed by atoms with Crippen molar-refractivity contribution in [2.24, 2.45) is 0 Å². The van der Waals surface area contributed by atoms with E-state index in [1.165, 1.54) is 24.3 Å². The minimum absolute atomic E-state index is 0. The maximum atomic E-state index is 10.8. The van der Waals surface area contributed by atoms with Gasteiger partial charge in [-0.1, -0.05) is 0 Å². The van der Waals surface area contributed by atoms with Gasteiger partial charge in [0.2, 0.25) is 5.69 Å². The molecular weight excluding hydrogens is 289 g/mol. The van der Waals surface area contributed by atoms with Gasteiger partial charge in [0.15, 0.2) is 0 Å². The number of benzene rings is 1. The molecule has 0 bridgehead atoms. The third kappa shape index (κ3) is 3.11. The molecule has 2 rings (SSSR count). The van der Waals surface area contributed by atoms with E-state index in [9.17, 15) is 13.0 Å². The quantitative estimate of drug-likeness (QED) is 0.402. The average molecular weight is 299 g/mol. The van der Waals surface area contributed by atoms with Gasteiger partial charge in [0.05, 0.1) is 22.8 Å². The Morgan fingerprint density at radius 2 is 1.80 bits per heavy atom. The van der Waals surface area contributed by atoms with E-state index in [0.717, 1.165) is 0 Å². The third-order valence-electron chi connectivity index (χ3n) is 2.73. The molecule has 2 aromatic rings. The molecule has 1 aromatic carbocycles. The minimum atomic E-state index is -4.45. The van der Waals surface area contributed by atoms with Crippen molar-refractivity contribution in [3.63, 3.8) is 0 Å². The van der Waals surface area contributed by atoms with Crippen molar-refractivity contribution in [1.29, 1.82) is 0 Å². The van der Waals surface area contributed by atoms with Crippen LogP contribution in [0.2, 0.25) is 0 Å². The second-order valence-corrected chi connectivity index (χ2v) is 5.37. The predicted molar refractivity (Wildman–Crippen MR) is 67.3 cm³/mol. The summed E-state index contributed by atoms with van der Waals surface area (Å²) in [5.74, 6) is 0. The van der Waals surface area contributed by atoms with E-state index in [1.54, 1.807) is 18.5 Å². The van der Waals surface area contributed by atoms with Crippen LogP contribution >= 0.6 is 0 Å². The van der Waals surface area contributed by atoms with E-state index in [1.807, 2.05) is 0 Å². The van der Waals surface area contributed by atoms with Crippen LogP contribution in [0.15, 0.2) is 29.2 Å². The summed E-state index contributed by atoms with van der Waals surface area (Å²) in [5, 5.41) is 4.22. The molecule has 1 aromatic heterocycles. The van der Waals surface area contributed by atoms with Gasteiger partial charge in [-0.15, -0.1) is 0 Å². The maximum absolute atomic E-state index is 10.8. The molecule has 0 aliphatic carbocycles. The Labute approximate surface area is 139 Å². The number of aryl methyl sites for hydroxylation is 1. The molecule has 0 fully saturated rings. The Kier molecular flexibility index (Phi) is 5.13. The summed E-state index contributed by atoms with van der Waals surface area (Å²) in [6.07, 6.45) is 0. The summed E-state index contributed by atoms with van der Waals surface area (Å²) in [6.45, 7) is 10.6. The Balaban J connectivity index is 0.00000200. The standard InChI is InChI=1S/C12H11N3O3S.Na/c1-8-12(13-3)9(2)15(14-8)10-4-6-11(7-5-10)19(16,17)18;/h4-7H,1-2H3,(H,16,17,18);/q;+1/p-1. The van der Waals surface area contributed by atoms with Crippen LogP contribution < -0.4 is 29.6 Å². The molecule has 0 amide bonds. The average Bonchev–Trinajstić information content (AvgIpc) is 2.63. The number of aromatic nitrogens is 2. The van der Waals surface area contributed by atoms with Gasteiger partial charge >= 0.3 is 29.6 Å². The zero-order valence-corrected chi connectivity index (χ0v) is 14.1. The second-order valence-electron chi connectivity index (χ2n) is 3.99. The molecule has 8 heteroatoms. The molecule has 20 heavy (non-hydrogen) atoms. The second kappa shape index (κ2) is 6.08. The topological polar surface area (TPSA) is 79.4 Å². The van der Waals surface area contributed by atoms with Crippen molar-refractivity contribution in [3.8, 4) is 5.69 Å². The normalized spacial score (nSPS) is 10.7. The van der Waals surface area contributed by atoms with Crippen LogP contribution in [0.25, 0.3) is 10.5 Å². The van der Waals surface area contributed by atoms with Gasteiger partial charge < -0.3 is 4.55 Å². The molecule has 0 radical (unpaired) electrons. The van der Waals surface area contributed by atoms with Crippen LogP contribution in [-0.4, -0.2) is 22.8 Å². The van der Waals surface area contributed by atoms with Crippen molar-refractivity contribution in [2.45, 2.75) is 18.7 Å². The molecule has 98 valence electrons. The molecule has 0 N–H and O–H groups in total. The van der Waals surface area contributed by atoms with Gasteiger partial charge in [-0.3, -0.25) is 0 Å². The number of hydrogen-bond donors (Lipinski definition) is 0. The van der Waals surface area contributed by atoms with E-state index in [-0.39, 0.29) is 34.5 Å². The summed E-state index contributed by atoms with van der Waals surface area (Å²) >= 11 is 0. The summed E-state index contributed by atoms with van der Waals surface area (Å²) in [5.41, 5.74) is 2.35. The van der Waals surface area contributed by atoms with Crippen LogP contribution in [0, 0.1) is 20.4 Å². The molecule has 0 unspecified atom stereocenters. The first-order chi connectivity index (χ1) is 8.84. The summed E-state index contributed by atoms with van der Waals surface area (Å²) in [6, 6.07) is 5.42. The Morgan fingerprint density at radius 3 is 2.20 bits per heavy atom. The molecule has 0 atom stereocenters. The largest absolute Gasteiger partial charge is 1.00 e. The molecule has 0 aliphatic rings. The van der Waals surface area contributed by atoms with Crippen molar-refractivity contribution in [1.82, 2.24) is 9.78 Å². The van der Waals surface area contributed by atoms with Crippen LogP contribution in [0.5, 0.6) is 0 Å². The van der Waals surface area contributed by atoms with E-state index in [0.29, 0.717) is 22.8 Å². The summed E-state index contributed by atoms with van der Waals surface area (Å²) in [7, 11) is -4.45. The Morgan fingerprint density at radius 1 is 1.25 bits per heavy atom. The fourth-order valence-corrected chi connectivity index (χ4v) is 2.27. The number of rotatable bonds is 2. The smallest absolute Gasteiger partial charge is 0.744 e. The molecule has 0 saturated heterocycles.